The summed E-state index contributed by atoms with van der Waals surface area (Å²) in [5, 5.41) is 5.21. The molecule has 3 rings (SSSR count). The van der Waals surface area contributed by atoms with Gasteiger partial charge in [0.25, 0.3) is 5.56 Å². The summed E-state index contributed by atoms with van der Waals surface area (Å²) in [5.74, 6) is 1.54. The Kier molecular flexibility index (Phi) is 5.00. The molecule has 0 amide bonds. The fourth-order valence-electron chi connectivity index (χ4n) is 2.58. The van der Waals surface area contributed by atoms with Gasteiger partial charge in [0.1, 0.15) is 16.5 Å². The molecule has 132 valence electrons. The highest BCUT2D eigenvalue weighted by atomic mass is 32.1. The third kappa shape index (κ3) is 3.80. The van der Waals surface area contributed by atoms with Gasteiger partial charge in [0, 0.05) is 29.9 Å². The number of nitrogens with zero attached hydrogens (tertiary/aromatic N) is 4. The average Bonchev–Trinajstić information content (AvgIpc) is 2.97. The van der Waals surface area contributed by atoms with E-state index in [2.05, 4.69) is 15.0 Å². The lowest BCUT2D eigenvalue weighted by Gasteiger charge is -2.17. The Hall–Kier alpha value is -2.45. The molecule has 3 aromatic rings. The van der Waals surface area contributed by atoms with E-state index in [1.807, 2.05) is 32.2 Å². The Morgan fingerprint density at radius 3 is 2.72 bits per heavy atom. The summed E-state index contributed by atoms with van der Waals surface area (Å²) >= 11 is 1.43. The number of hydrogen-bond acceptors (Lipinski definition) is 7. The Bertz CT molecular complexity index is 951. The van der Waals surface area contributed by atoms with E-state index in [-0.39, 0.29) is 5.56 Å². The van der Waals surface area contributed by atoms with Gasteiger partial charge in [-0.3, -0.25) is 9.69 Å². The highest BCUT2D eigenvalue weighted by Gasteiger charge is 2.12. The van der Waals surface area contributed by atoms with Crippen LogP contribution in [0.1, 0.15) is 16.3 Å². The van der Waals surface area contributed by atoms with Crippen molar-refractivity contribution in [1.29, 1.82) is 0 Å². The topological polar surface area (TPSA) is 69.0 Å². The predicted molar refractivity (Wildman–Crippen MR) is 96.6 cm³/mol. The van der Waals surface area contributed by atoms with E-state index < -0.39 is 0 Å². The first-order valence-electron chi connectivity index (χ1n) is 7.76. The molecule has 0 saturated heterocycles. The molecule has 25 heavy (non-hydrogen) atoms. The molecule has 0 bridgehead atoms. The standard InChI is InChI=1S/C17H20N4O3S/c1-11-7-16(22)21-17(18-11)25-15(19-21)10-20(2)9-12-5-6-13(23-3)8-14(12)24-4/h5-8H,9-10H2,1-4H3. The Balaban J connectivity index is 1.78. The first-order chi connectivity index (χ1) is 12.0. The molecule has 0 aliphatic heterocycles. The fraction of sp³-hybridized carbons (Fsp3) is 0.353. The van der Waals surface area contributed by atoms with E-state index in [1.54, 1.807) is 14.2 Å². The highest BCUT2D eigenvalue weighted by molar-refractivity contribution is 7.16. The van der Waals surface area contributed by atoms with Gasteiger partial charge in [-0.2, -0.15) is 9.61 Å². The van der Waals surface area contributed by atoms with Gasteiger partial charge >= 0.3 is 0 Å². The molecule has 2 heterocycles. The molecule has 0 aliphatic rings. The minimum atomic E-state index is -0.149. The SMILES string of the molecule is COc1ccc(CN(C)Cc2nn3c(=O)cc(C)nc3s2)c(OC)c1. The minimum Gasteiger partial charge on any atom is -0.497 e. The van der Waals surface area contributed by atoms with Crippen LogP contribution < -0.4 is 15.0 Å². The molecule has 0 unspecified atom stereocenters. The van der Waals surface area contributed by atoms with E-state index in [0.717, 1.165) is 22.1 Å². The van der Waals surface area contributed by atoms with Crippen molar-refractivity contribution in [3.8, 4) is 11.5 Å². The summed E-state index contributed by atoms with van der Waals surface area (Å²) in [5.41, 5.74) is 1.61. The molecule has 0 fully saturated rings. The molecular formula is C17H20N4O3S. The zero-order valence-corrected chi connectivity index (χ0v) is 15.5. The molecule has 0 N–H and O–H groups in total. The number of aromatic nitrogens is 3. The summed E-state index contributed by atoms with van der Waals surface area (Å²) in [6.45, 7) is 3.11. The van der Waals surface area contributed by atoms with Crippen LogP contribution in [0, 0.1) is 6.92 Å². The molecule has 0 atom stereocenters. The van der Waals surface area contributed by atoms with Gasteiger partial charge in [0.15, 0.2) is 0 Å². The molecule has 0 saturated carbocycles. The van der Waals surface area contributed by atoms with E-state index in [4.69, 9.17) is 9.47 Å². The minimum absolute atomic E-state index is 0.149. The maximum atomic E-state index is 12.0. The number of rotatable bonds is 6. The molecule has 0 aliphatic carbocycles. The second-order valence-corrected chi connectivity index (χ2v) is 6.82. The van der Waals surface area contributed by atoms with Crippen molar-refractivity contribution in [2.75, 3.05) is 21.3 Å². The van der Waals surface area contributed by atoms with Crippen molar-refractivity contribution < 1.29 is 9.47 Å². The van der Waals surface area contributed by atoms with Crippen molar-refractivity contribution in [2.45, 2.75) is 20.0 Å². The number of ether oxygens (including phenoxy) is 2. The fourth-order valence-corrected chi connectivity index (χ4v) is 3.61. The summed E-state index contributed by atoms with van der Waals surface area (Å²) in [7, 11) is 5.27. The molecule has 2 aromatic heterocycles. The van der Waals surface area contributed by atoms with Crippen LogP contribution in [0.2, 0.25) is 0 Å². The highest BCUT2D eigenvalue weighted by Crippen LogP contribution is 2.26. The lowest BCUT2D eigenvalue weighted by molar-refractivity contribution is 0.307. The Labute approximate surface area is 149 Å². The van der Waals surface area contributed by atoms with Crippen LogP contribution >= 0.6 is 11.3 Å². The second-order valence-electron chi connectivity index (χ2n) is 5.78. The largest absolute Gasteiger partial charge is 0.497 e. The number of fused-ring (bicyclic) bond motifs is 1. The van der Waals surface area contributed by atoms with E-state index in [0.29, 0.717) is 23.7 Å². The predicted octanol–water partition coefficient (Wildman–Crippen LogP) is 2.11. The van der Waals surface area contributed by atoms with Gasteiger partial charge in [-0.1, -0.05) is 17.4 Å². The third-order valence-corrected chi connectivity index (χ3v) is 4.65. The molecule has 0 radical (unpaired) electrons. The monoisotopic (exact) mass is 360 g/mol. The van der Waals surface area contributed by atoms with Gasteiger partial charge in [0.2, 0.25) is 4.96 Å². The van der Waals surface area contributed by atoms with Gasteiger partial charge < -0.3 is 9.47 Å². The van der Waals surface area contributed by atoms with Gasteiger partial charge in [-0.15, -0.1) is 0 Å². The van der Waals surface area contributed by atoms with Crippen LogP contribution in [0.25, 0.3) is 4.96 Å². The van der Waals surface area contributed by atoms with Crippen molar-refractivity contribution in [1.82, 2.24) is 19.5 Å². The quantitative estimate of drug-likeness (QED) is 0.671. The van der Waals surface area contributed by atoms with Crippen molar-refractivity contribution >= 4 is 16.3 Å². The van der Waals surface area contributed by atoms with Crippen LogP contribution in [-0.4, -0.2) is 40.8 Å². The lowest BCUT2D eigenvalue weighted by atomic mass is 10.2. The maximum absolute atomic E-state index is 12.0. The molecule has 0 spiro atoms. The summed E-state index contributed by atoms with van der Waals surface area (Å²) in [6, 6.07) is 7.26. The van der Waals surface area contributed by atoms with Crippen LogP contribution in [0.4, 0.5) is 0 Å². The van der Waals surface area contributed by atoms with Gasteiger partial charge in [0.05, 0.1) is 20.8 Å². The first-order valence-corrected chi connectivity index (χ1v) is 8.57. The zero-order chi connectivity index (χ0) is 18.0. The first kappa shape index (κ1) is 17.4. The second kappa shape index (κ2) is 7.20. The molecule has 8 heteroatoms. The van der Waals surface area contributed by atoms with Crippen LogP contribution in [0.5, 0.6) is 11.5 Å². The number of methoxy groups -OCH3 is 2. The van der Waals surface area contributed by atoms with Gasteiger partial charge in [-0.25, -0.2) is 4.98 Å². The van der Waals surface area contributed by atoms with Gasteiger partial charge in [-0.05, 0) is 20.0 Å². The van der Waals surface area contributed by atoms with Crippen LogP contribution in [0.15, 0.2) is 29.1 Å². The van der Waals surface area contributed by atoms with Crippen LogP contribution in [-0.2, 0) is 13.1 Å². The van der Waals surface area contributed by atoms with Crippen LogP contribution in [0.3, 0.4) is 0 Å². The number of benzene rings is 1. The van der Waals surface area contributed by atoms with E-state index in [1.165, 1.54) is 21.9 Å². The van der Waals surface area contributed by atoms with Crippen molar-refractivity contribution in [3.05, 3.63) is 50.9 Å². The summed E-state index contributed by atoms with van der Waals surface area (Å²) < 4.78 is 12.0. The number of hydrogen-bond donors (Lipinski definition) is 0. The maximum Gasteiger partial charge on any atom is 0.275 e. The van der Waals surface area contributed by atoms with Crippen molar-refractivity contribution in [2.24, 2.45) is 0 Å². The third-order valence-electron chi connectivity index (χ3n) is 3.75. The normalized spacial score (nSPS) is 11.2. The summed E-state index contributed by atoms with van der Waals surface area (Å²) in [4.78, 5) is 19.1. The Morgan fingerprint density at radius 1 is 1.20 bits per heavy atom. The average molecular weight is 360 g/mol. The van der Waals surface area contributed by atoms with E-state index in [9.17, 15) is 4.79 Å². The summed E-state index contributed by atoms with van der Waals surface area (Å²) in [6.07, 6.45) is 0. The molecule has 1 aromatic carbocycles. The van der Waals surface area contributed by atoms with E-state index >= 15 is 0 Å². The smallest absolute Gasteiger partial charge is 0.275 e. The Morgan fingerprint density at radius 2 is 2.00 bits per heavy atom. The zero-order valence-electron chi connectivity index (χ0n) is 14.6. The molecule has 7 nitrogen and oxygen atoms in total. The number of aryl methyl sites for hydroxylation is 1. The lowest BCUT2D eigenvalue weighted by Crippen LogP contribution is -2.19. The molecular weight excluding hydrogens is 340 g/mol. The van der Waals surface area contributed by atoms with Crippen molar-refractivity contribution in [3.63, 3.8) is 0 Å².